The minimum absolute atomic E-state index is 0.344. The summed E-state index contributed by atoms with van der Waals surface area (Å²) in [5.41, 5.74) is 3.04. The molecule has 0 radical (unpaired) electrons. The summed E-state index contributed by atoms with van der Waals surface area (Å²) in [5.74, 6) is 0. The van der Waals surface area contributed by atoms with E-state index in [1.54, 1.807) is 0 Å². The fraction of sp³-hybridized carbons (Fsp3) is 0.727. The first-order valence-electron chi connectivity index (χ1n) is 5.26. The van der Waals surface area contributed by atoms with Gasteiger partial charge < -0.3 is 5.11 Å². The van der Waals surface area contributed by atoms with Crippen LogP contribution in [0.1, 0.15) is 49.2 Å². The zero-order chi connectivity index (χ0) is 10.7. The number of nitrogens with zero attached hydrogens (tertiary/aromatic N) is 2. The van der Waals surface area contributed by atoms with Crippen LogP contribution < -0.4 is 0 Å². The summed E-state index contributed by atoms with van der Waals surface area (Å²) in [4.78, 5) is 0. The Hall–Kier alpha value is -0.830. The molecule has 0 bridgehead atoms. The van der Waals surface area contributed by atoms with E-state index in [4.69, 9.17) is 0 Å². The minimum atomic E-state index is -0.344. The first-order chi connectivity index (χ1) is 6.57. The number of unbranched alkanes of at least 4 members (excludes halogenated alkanes) is 1. The van der Waals surface area contributed by atoms with Crippen molar-refractivity contribution in [3.05, 3.63) is 17.0 Å². The zero-order valence-corrected chi connectivity index (χ0v) is 9.54. The largest absolute Gasteiger partial charge is 0.388 e. The molecule has 3 nitrogen and oxygen atoms in total. The number of aromatic nitrogens is 2. The van der Waals surface area contributed by atoms with Gasteiger partial charge >= 0.3 is 0 Å². The molecule has 1 unspecified atom stereocenters. The smallest absolute Gasteiger partial charge is 0.0825 e. The minimum Gasteiger partial charge on any atom is -0.388 e. The second-order valence-corrected chi connectivity index (χ2v) is 3.87. The van der Waals surface area contributed by atoms with Gasteiger partial charge in [-0.25, -0.2) is 0 Å². The van der Waals surface area contributed by atoms with Crippen molar-refractivity contribution in [1.82, 2.24) is 9.78 Å². The van der Waals surface area contributed by atoms with Crippen LogP contribution in [0.25, 0.3) is 0 Å². The molecule has 0 aliphatic rings. The van der Waals surface area contributed by atoms with Crippen molar-refractivity contribution in [2.45, 2.75) is 46.1 Å². The Bertz CT molecular complexity index is 304. The maximum Gasteiger partial charge on any atom is 0.0825 e. The van der Waals surface area contributed by atoms with Gasteiger partial charge in [0.1, 0.15) is 0 Å². The molecule has 3 heteroatoms. The van der Waals surface area contributed by atoms with Gasteiger partial charge in [-0.05, 0) is 20.3 Å². The quantitative estimate of drug-likeness (QED) is 0.802. The lowest BCUT2D eigenvalue weighted by molar-refractivity contribution is 0.163. The third kappa shape index (κ3) is 2.15. The molecule has 0 fully saturated rings. The van der Waals surface area contributed by atoms with E-state index < -0.39 is 0 Å². The van der Waals surface area contributed by atoms with E-state index >= 15 is 0 Å². The van der Waals surface area contributed by atoms with E-state index in [1.807, 2.05) is 25.6 Å². The Labute approximate surface area is 85.8 Å². The maximum atomic E-state index is 9.97. The molecule has 0 aliphatic heterocycles. The van der Waals surface area contributed by atoms with Crippen LogP contribution in [0.15, 0.2) is 0 Å². The number of aryl methyl sites for hydroxylation is 2. The van der Waals surface area contributed by atoms with Crippen LogP contribution >= 0.6 is 0 Å². The van der Waals surface area contributed by atoms with Crippen LogP contribution in [-0.2, 0) is 7.05 Å². The third-order valence-corrected chi connectivity index (χ3v) is 2.73. The molecule has 1 aromatic rings. The predicted molar refractivity (Wildman–Crippen MR) is 57.2 cm³/mol. The third-order valence-electron chi connectivity index (χ3n) is 2.73. The van der Waals surface area contributed by atoms with Crippen molar-refractivity contribution in [2.75, 3.05) is 0 Å². The van der Waals surface area contributed by atoms with Crippen LogP contribution in [0.5, 0.6) is 0 Å². The van der Waals surface area contributed by atoms with Gasteiger partial charge in [0.05, 0.1) is 11.8 Å². The molecule has 1 rings (SSSR count). The van der Waals surface area contributed by atoms with E-state index in [0.29, 0.717) is 0 Å². The fourth-order valence-electron chi connectivity index (χ4n) is 1.81. The number of hydrogen-bond acceptors (Lipinski definition) is 2. The molecule has 0 amide bonds. The lowest BCUT2D eigenvalue weighted by Gasteiger charge is -2.10. The normalized spacial score (nSPS) is 13.2. The molecule has 0 saturated heterocycles. The second kappa shape index (κ2) is 4.60. The van der Waals surface area contributed by atoms with Crippen molar-refractivity contribution in [3.63, 3.8) is 0 Å². The van der Waals surface area contributed by atoms with Crippen molar-refractivity contribution in [1.29, 1.82) is 0 Å². The van der Waals surface area contributed by atoms with E-state index in [1.165, 1.54) is 0 Å². The highest BCUT2D eigenvalue weighted by Crippen LogP contribution is 2.24. The first kappa shape index (κ1) is 11.2. The molecule has 0 aromatic carbocycles. The van der Waals surface area contributed by atoms with Gasteiger partial charge in [0.2, 0.25) is 0 Å². The van der Waals surface area contributed by atoms with Gasteiger partial charge in [-0.1, -0.05) is 19.8 Å². The maximum absolute atomic E-state index is 9.97. The van der Waals surface area contributed by atoms with Gasteiger partial charge in [-0.15, -0.1) is 0 Å². The second-order valence-electron chi connectivity index (χ2n) is 3.87. The van der Waals surface area contributed by atoms with Crippen LogP contribution in [0.2, 0.25) is 0 Å². The van der Waals surface area contributed by atoms with Gasteiger partial charge in [0.25, 0.3) is 0 Å². The van der Waals surface area contributed by atoms with E-state index in [0.717, 1.165) is 36.2 Å². The summed E-state index contributed by atoms with van der Waals surface area (Å²) < 4.78 is 1.83. The number of aliphatic hydroxyl groups is 1. The van der Waals surface area contributed by atoms with Gasteiger partial charge in [0, 0.05) is 18.3 Å². The SMILES string of the molecule is CCCCC(O)c1c(C)nn(C)c1C. The lowest BCUT2D eigenvalue weighted by atomic mass is 10.0. The summed E-state index contributed by atoms with van der Waals surface area (Å²) in [5, 5.41) is 14.3. The summed E-state index contributed by atoms with van der Waals surface area (Å²) >= 11 is 0. The highest BCUT2D eigenvalue weighted by Gasteiger charge is 2.16. The van der Waals surface area contributed by atoms with Crippen LogP contribution in [0.3, 0.4) is 0 Å². The highest BCUT2D eigenvalue weighted by molar-refractivity contribution is 5.26. The standard InChI is InChI=1S/C11H20N2O/c1-5-6-7-10(14)11-8(2)12-13(4)9(11)3/h10,14H,5-7H2,1-4H3. The summed E-state index contributed by atoms with van der Waals surface area (Å²) in [6.07, 6.45) is 2.68. The van der Waals surface area contributed by atoms with Crippen LogP contribution in [-0.4, -0.2) is 14.9 Å². The fourth-order valence-corrected chi connectivity index (χ4v) is 1.81. The molecule has 0 aliphatic carbocycles. The summed E-state index contributed by atoms with van der Waals surface area (Å²) in [6, 6.07) is 0. The van der Waals surface area contributed by atoms with Gasteiger partial charge in [-0.3, -0.25) is 4.68 Å². The number of aliphatic hydroxyl groups excluding tert-OH is 1. The van der Waals surface area contributed by atoms with E-state index in [-0.39, 0.29) is 6.10 Å². The lowest BCUT2D eigenvalue weighted by Crippen LogP contribution is -2.01. The molecule has 1 heterocycles. The van der Waals surface area contributed by atoms with Crippen molar-refractivity contribution >= 4 is 0 Å². The topological polar surface area (TPSA) is 38.1 Å². The molecule has 80 valence electrons. The molecular formula is C11H20N2O. The van der Waals surface area contributed by atoms with Gasteiger partial charge in [0.15, 0.2) is 0 Å². The first-order valence-corrected chi connectivity index (χ1v) is 5.26. The molecule has 0 spiro atoms. The molecular weight excluding hydrogens is 176 g/mol. The van der Waals surface area contributed by atoms with Gasteiger partial charge in [-0.2, -0.15) is 5.10 Å². The molecule has 1 atom stereocenters. The van der Waals surface area contributed by atoms with Crippen molar-refractivity contribution in [2.24, 2.45) is 7.05 Å². The number of hydrogen-bond donors (Lipinski definition) is 1. The molecule has 14 heavy (non-hydrogen) atoms. The Balaban J connectivity index is 2.83. The zero-order valence-electron chi connectivity index (χ0n) is 9.54. The van der Waals surface area contributed by atoms with Crippen LogP contribution in [0.4, 0.5) is 0 Å². The van der Waals surface area contributed by atoms with E-state index in [9.17, 15) is 5.11 Å². The molecule has 0 saturated carbocycles. The predicted octanol–water partition coefficient (Wildman–Crippen LogP) is 2.26. The Morgan fingerprint density at radius 1 is 1.43 bits per heavy atom. The number of rotatable bonds is 4. The monoisotopic (exact) mass is 196 g/mol. The van der Waals surface area contributed by atoms with Crippen molar-refractivity contribution in [3.8, 4) is 0 Å². The highest BCUT2D eigenvalue weighted by atomic mass is 16.3. The Morgan fingerprint density at radius 2 is 2.07 bits per heavy atom. The van der Waals surface area contributed by atoms with Crippen molar-refractivity contribution < 1.29 is 5.11 Å². The average Bonchev–Trinajstić information content (AvgIpc) is 2.38. The average molecular weight is 196 g/mol. The molecule has 1 N–H and O–H groups in total. The Kier molecular flexibility index (Phi) is 3.69. The Morgan fingerprint density at radius 3 is 2.50 bits per heavy atom. The van der Waals surface area contributed by atoms with Crippen LogP contribution in [0, 0.1) is 13.8 Å². The molecule has 1 aromatic heterocycles. The summed E-state index contributed by atoms with van der Waals surface area (Å²) in [7, 11) is 1.92. The van der Waals surface area contributed by atoms with E-state index in [2.05, 4.69) is 12.0 Å². The summed E-state index contributed by atoms with van der Waals surface area (Å²) in [6.45, 7) is 6.09.